The summed E-state index contributed by atoms with van der Waals surface area (Å²) in [4.78, 5) is 13.0. The molecule has 1 rings (SSSR count). The molecule has 1 heterocycles. The molecule has 4 heteroatoms. The van der Waals surface area contributed by atoms with Gasteiger partial charge in [0.05, 0.1) is 6.42 Å². The standard InChI is InChI=1S/C13H21NO2S/c1-10(11-6-8-17-9-11)14(13(2,3)4)7-5-12(15)16/h6,8-10H,5,7H2,1-4H3,(H,15,16). The first-order chi connectivity index (χ1) is 7.82. The quantitative estimate of drug-likeness (QED) is 0.876. The van der Waals surface area contributed by atoms with Gasteiger partial charge in [-0.05, 0) is 50.1 Å². The van der Waals surface area contributed by atoms with E-state index in [1.165, 1.54) is 5.56 Å². The Labute approximate surface area is 107 Å². The number of hydrogen-bond donors (Lipinski definition) is 1. The van der Waals surface area contributed by atoms with Crippen molar-refractivity contribution in [2.24, 2.45) is 0 Å². The highest BCUT2D eigenvalue weighted by atomic mass is 32.1. The van der Waals surface area contributed by atoms with E-state index in [0.717, 1.165) is 0 Å². The highest BCUT2D eigenvalue weighted by Crippen LogP contribution is 2.29. The minimum Gasteiger partial charge on any atom is -0.481 e. The van der Waals surface area contributed by atoms with E-state index in [2.05, 4.69) is 49.4 Å². The van der Waals surface area contributed by atoms with Crippen LogP contribution in [-0.4, -0.2) is 28.1 Å². The Bertz CT molecular complexity index is 354. The van der Waals surface area contributed by atoms with Crippen LogP contribution in [0.15, 0.2) is 16.8 Å². The van der Waals surface area contributed by atoms with Crippen molar-refractivity contribution in [1.82, 2.24) is 4.90 Å². The summed E-state index contributed by atoms with van der Waals surface area (Å²) in [5.74, 6) is -0.739. The minimum absolute atomic E-state index is 0.0309. The van der Waals surface area contributed by atoms with Crippen molar-refractivity contribution in [2.45, 2.75) is 45.7 Å². The summed E-state index contributed by atoms with van der Waals surface area (Å²) in [5.41, 5.74) is 1.23. The van der Waals surface area contributed by atoms with Crippen molar-refractivity contribution in [3.63, 3.8) is 0 Å². The maximum absolute atomic E-state index is 10.7. The molecule has 0 aliphatic carbocycles. The molecule has 0 spiro atoms. The molecular weight excluding hydrogens is 234 g/mol. The van der Waals surface area contributed by atoms with E-state index in [4.69, 9.17) is 5.11 Å². The zero-order chi connectivity index (χ0) is 13.1. The van der Waals surface area contributed by atoms with E-state index in [0.29, 0.717) is 6.54 Å². The van der Waals surface area contributed by atoms with Crippen molar-refractivity contribution in [3.05, 3.63) is 22.4 Å². The van der Waals surface area contributed by atoms with Crippen LogP contribution >= 0.6 is 11.3 Å². The Morgan fingerprint density at radius 1 is 1.53 bits per heavy atom. The lowest BCUT2D eigenvalue weighted by molar-refractivity contribution is -0.137. The maximum atomic E-state index is 10.7. The van der Waals surface area contributed by atoms with Crippen LogP contribution < -0.4 is 0 Å². The van der Waals surface area contributed by atoms with Crippen LogP contribution in [0.1, 0.15) is 45.7 Å². The third-order valence-electron chi connectivity index (χ3n) is 2.92. The minimum atomic E-state index is -0.739. The first kappa shape index (κ1) is 14.2. The monoisotopic (exact) mass is 255 g/mol. The Balaban J connectivity index is 2.79. The van der Waals surface area contributed by atoms with Gasteiger partial charge in [0.25, 0.3) is 0 Å². The fraction of sp³-hybridized carbons (Fsp3) is 0.615. The van der Waals surface area contributed by atoms with E-state index in [9.17, 15) is 4.79 Å². The molecule has 0 aliphatic heterocycles. The molecule has 0 fully saturated rings. The second kappa shape index (κ2) is 5.65. The first-order valence-corrected chi connectivity index (χ1v) is 6.77. The lowest BCUT2D eigenvalue weighted by Gasteiger charge is -2.40. The number of rotatable bonds is 5. The molecule has 0 aliphatic rings. The van der Waals surface area contributed by atoms with Crippen LogP contribution in [0.25, 0.3) is 0 Å². The molecule has 0 saturated heterocycles. The number of hydrogen-bond acceptors (Lipinski definition) is 3. The molecule has 0 aromatic carbocycles. The van der Waals surface area contributed by atoms with Gasteiger partial charge < -0.3 is 5.11 Å². The average molecular weight is 255 g/mol. The van der Waals surface area contributed by atoms with Gasteiger partial charge in [-0.2, -0.15) is 11.3 Å². The van der Waals surface area contributed by atoms with E-state index in [1.54, 1.807) is 11.3 Å². The van der Waals surface area contributed by atoms with Crippen LogP contribution in [0.2, 0.25) is 0 Å². The Morgan fingerprint density at radius 3 is 2.59 bits per heavy atom. The predicted octanol–water partition coefficient (Wildman–Crippen LogP) is 3.38. The molecule has 17 heavy (non-hydrogen) atoms. The summed E-state index contributed by atoms with van der Waals surface area (Å²) < 4.78 is 0. The van der Waals surface area contributed by atoms with Gasteiger partial charge in [-0.15, -0.1) is 0 Å². The molecule has 1 atom stereocenters. The van der Waals surface area contributed by atoms with Crippen molar-refractivity contribution in [1.29, 1.82) is 0 Å². The van der Waals surface area contributed by atoms with Crippen LogP contribution in [0, 0.1) is 0 Å². The molecule has 0 bridgehead atoms. The Morgan fingerprint density at radius 2 is 2.18 bits per heavy atom. The largest absolute Gasteiger partial charge is 0.481 e. The summed E-state index contributed by atoms with van der Waals surface area (Å²) >= 11 is 1.68. The Kier molecular flexibility index (Phi) is 4.71. The summed E-state index contributed by atoms with van der Waals surface area (Å²) in [6, 6.07) is 2.36. The van der Waals surface area contributed by atoms with Gasteiger partial charge in [-0.3, -0.25) is 9.69 Å². The smallest absolute Gasteiger partial charge is 0.304 e. The van der Waals surface area contributed by atoms with Crippen molar-refractivity contribution in [2.75, 3.05) is 6.54 Å². The predicted molar refractivity (Wildman–Crippen MR) is 71.4 cm³/mol. The highest BCUT2D eigenvalue weighted by Gasteiger charge is 2.27. The number of aliphatic carboxylic acids is 1. The van der Waals surface area contributed by atoms with Crippen LogP contribution in [-0.2, 0) is 4.79 Å². The fourth-order valence-corrected chi connectivity index (χ4v) is 2.77. The summed E-state index contributed by atoms with van der Waals surface area (Å²) in [6.07, 6.45) is 0.186. The van der Waals surface area contributed by atoms with Gasteiger partial charge in [0.15, 0.2) is 0 Å². The van der Waals surface area contributed by atoms with Gasteiger partial charge in [0.1, 0.15) is 0 Å². The molecule has 0 amide bonds. The van der Waals surface area contributed by atoms with E-state index in [-0.39, 0.29) is 18.0 Å². The SMILES string of the molecule is CC(c1ccsc1)N(CCC(=O)O)C(C)(C)C. The van der Waals surface area contributed by atoms with Gasteiger partial charge in [-0.25, -0.2) is 0 Å². The average Bonchev–Trinajstić information content (AvgIpc) is 2.67. The number of carbonyl (C=O) groups is 1. The number of thiophene rings is 1. The van der Waals surface area contributed by atoms with Gasteiger partial charge in [0.2, 0.25) is 0 Å². The van der Waals surface area contributed by atoms with E-state index in [1.807, 2.05) is 0 Å². The highest BCUT2D eigenvalue weighted by molar-refractivity contribution is 7.07. The van der Waals surface area contributed by atoms with Crippen LogP contribution in [0.3, 0.4) is 0 Å². The summed E-state index contributed by atoms with van der Waals surface area (Å²) in [6.45, 7) is 9.08. The van der Waals surface area contributed by atoms with Crippen LogP contribution in [0.5, 0.6) is 0 Å². The number of carboxylic acid groups (broad SMARTS) is 1. The third kappa shape index (κ3) is 4.13. The zero-order valence-electron chi connectivity index (χ0n) is 10.9. The maximum Gasteiger partial charge on any atom is 0.304 e. The molecule has 0 radical (unpaired) electrons. The van der Waals surface area contributed by atoms with Crippen LogP contribution in [0.4, 0.5) is 0 Å². The molecule has 3 nitrogen and oxygen atoms in total. The molecule has 96 valence electrons. The second-order valence-corrected chi connectivity index (χ2v) is 6.02. The molecule has 1 N–H and O–H groups in total. The van der Waals surface area contributed by atoms with Gasteiger partial charge in [0, 0.05) is 18.1 Å². The molecular formula is C13H21NO2S. The molecule has 1 aromatic heterocycles. The van der Waals surface area contributed by atoms with Crippen molar-refractivity contribution < 1.29 is 9.90 Å². The Hall–Kier alpha value is -0.870. The third-order valence-corrected chi connectivity index (χ3v) is 3.62. The molecule has 1 unspecified atom stereocenters. The van der Waals surface area contributed by atoms with E-state index < -0.39 is 5.97 Å². The second-order valence-electron chi connectivity index (χ2n) is 5.24. The van der Waals surface area contributed by atoms with Crippen molar-refractivity contribution >= 4 is 17.3 Å². The zero-order valence-corrected chi connectivity index (χ0v) is 11.8. The van der Waals surface area contributed by atoms with Gasteiger partial charge in [-0.1, -0.05) is 0 Å². The number of nitrogens with zero attached hydrogens (tertiary/aromatic N) is 1. The van der Waals surface area contributed by atoms with Crippen molar-refractivity contribution in [3.8, 4) is 0 Å². The first-order valence-electron chi connectivity index (χ1n) is 5.83. The van der Waals surface area contributed by atoms with Gasteiger partial charge >= 0.3 is 5.97 Å². The number of carboxylic acids is 1. The fourth-order valence-electron chi connectivity index (χ4n) is 2.02. The lowest BCUT2D eigenvalue weighted by atomic mass is 10.00. The molecule has 0 saturated carbocycles. The lowest BCUT2D eigenvalue weighted by Crippen LogP contribution is -2.44. The summed E-state index contributed by atoms with van der Waals surface area (Å²) in [7, 11) is 0. The molecule has 1 aromatic rings. The normalized spacial score (nSPS) is 13.9. The van der Waals surface area contributed by atoms with E-state index >= 15 is 0 Å². The topological polar surface area (TPSA) is 40.5 Å². The summed E-state index contributed by atoms with van der Waals surface area (Å²) in [5, 5.41) is 13.0.